The number of anilines is 1. The van der Waals surface area contributed by atoms with Crippen molar-refractivity contribution >= 4 is 23.4 Å². The van der Waals surface area contributed by atoms with Gasteiger partial charge in [0.15, 0.2) is 0 Å². The summed E-state index contributed by atoms with van der Waals surface area (Å²) in [5, 5.41) is 5.84. The van der Waals surface area contributed by atoms with Crippen molar-refractivity contribution in [3.63, 3.8) is 0 Å². The third-order valence-corrected chi connectivity index (χ3v) is 6.11. The number of ether oxygens (including phenoxy) is 1. The second-order valence-corrected chi connectivity index (χ2v) is 8.34. The van der Waals surface area contributed by atoms with Gasteiger partial charge in [-0.3, -0.25) is 14.4 Å². The van der Waals surface area contributed by atoms with Crippen molar-refractivity contribution in [1.82, 2.24) is 10.2 Å². The molecule has 2 heterocycles. The van der Waals surface area contributed by atoms with Gasteiger partial charge in [-0.25, -0.2) is 0 Å². The predicted molar refractivity (Wildman–Crippen MR) is 121 cm³/mol. The predicted octanol–water partition coefficient (Wildman–Crippen LogP) is 3.09. The average Bonchev–Trinajstić information content (AvgIpc) is 3.37. The molecule has 2 aromatic rings. The lowest BCUT2D eigenvalue weighted by atomic mass is 9.95. The smallest absolute Gasteiger partial charge is 0.255 e. The SMILES string of the molecule is O=C(Nc1ccc(C(=O)N2CCC(C(=O)NC[C@H]3CCCO3)CC2)cc1)c1ccccc1. The molecule has 0 spiro atoms. The van der Waals surface area contributed by atoms with Gasteiger partial charge in [0.05, 0.1) is 6.10 Å². The molecule has 0 saturated carbocycles. The van der Waals surface area contributed by atoms with Gasteiger partial charge in [-0.15, -0.1) is 0 Å². The first-order valence-corrected chi connectivity index (χ1v) is 11.3. The highest BCUT2D eigenvalue weighted by molar-refractivity contribution is 6.04. The number of amides is 3. The van der Waals surface area contributed by atoms with E-state index in [0.717, 1.165) is 19.4 Å². The molecule has 1 atom stereocenters. The Balaban J connectivity index is 1.25. The number of rotatable bonds is 6. The van der Waals surface area contributed by atoms with Crippen LogP contribution in [-0.4, -0.2) is 55.0 Å². The van der Waals surface area contributed by atoms with Crippen molar-refractivity contribution in [1.29, 1.82) is 0 Å². The Morgan fingerprint density at radius 3 is 2.28 bits per heavy atom. The number of nitrogens with one attached hydrogen (secondary N) is 2. The molecule has 3 amide bonds. The van der Waals surface area contributed by atoms with E-state index in [1.165, 1.54) is 0 Å². The number of carbonyl (C=O) groups is 3. The van der Waals surface area contributed by atoms with Crippen molar-refractivity contribution in [2.75, 3.05) is 31.6 Å². The lowest BCUT2D eigenvalue weighted by Crippen LogP contribution is -2.44. The lowest BCUT2D eigenvalue weighted by molar-refractivity contribution is -0.126. The number of hydrogen-bond acceptors (Lipinski definition) is 4. The molecule has 7 heteroatoms. The van der Waals surface area contributed by atoms with E-state index in [9.17, 15) is 14.4 Å². The Kier molecular flexibility index (Phi) is 7.17. The van der Waals surface area contributed by atoms with Crippen molar-refractivity contribution in [3.8, 4) is 0 Å². The summed E-state index contributed by atoms with van der Waals surface area (Å²) < 4.78 is 5.55. The molecule has 2 N–H and O–H groups in total. The van der Waals surface area contributed by atoms with Crippen LogP contribution in [-0.2, 0) is 9.53 Å². The molecule has 0 aromatic heterocycles. The van der Waals surface area contributed by atoms with Gasteiger partial charge in [-0.2, -0.15) is 0 Å². The summed E-state index contributed by atoms with van der Waals surface area (Å²) in [7, 11) is 0. The largest absolute Gasteiger partial charge is 0.376 e. The van der Waals surface area contributed by atoms with Crippen LogP contribution in [0.3, 0.4) is 0 Å². The molecular weight excluding hydrogens is 406 g/mol. The summed E-state index contributed by atoms with van der Waals surface area (Å²) in [6.07, 6.45) is 3.52. The van der Waals surface area contributed by atoms with Crippen molar-refractivity contribution in [2.24, 2.45) is 5.92 Å². The van der Waals surface area contributed by atoms with Crippen LogP contribution in [0, 0.1) is 5.92 Å². The van der Waals surface area contributed by atoms with Crippen molar-refractivity contribution in [2.45, 2.75) is 31.8 Å². The second kappa shape index (κ2) is 10.4. The molecule has 0 bridgehead atoms. The Hall–Kier alpha value is -3.19. The third-order valence-electron chi connectivity index (χ3n) is 6.11. The number of benzene rings is 2. The molecule has 2 aliphatic heterocycles. The van der Waals surface area contributed by atoms with Crippen molar-refractivity contribution < 1.29 is 19.1 Å². The first-order chi connectivity index (χ1) is 15.6. The number of nitrogens with zero attached hydrogens (tertiary/aromatic N) is 1. The fraction of sp³-hybridized carbons (Fsp3) is 0.400. The van der Waals surface area contributed by atoms with E-state index in [1.54, 1.807) is 41.3 Å². The molecule has 2 aliphatic rings. The molecule has 32 heavy (non-hydrogen) atoms. The molecule has 0 unspecified atom stereocenters. The molecular formula is C25H29N3O4. The summed E-state index contributed by atoms with van der Waals surface area (Å²) in [5.41, 5.74) is 1.79. The number of likely N-dealkylation sites (tertiary alicyclic amines) is 1. The second-order valence-electron chi connectivity index (χ2n) is 8.34. The molecule has 2 fully saturated rings. The topological polar surface area (TPSA) is 87.7 Å². The van der Waals surface area contributed by atoms with Crippen LogP contribution in [0.15, 0.2) is 54.6 Å². The molecule has 168 valence electrons. The van der Waals surface area contributed by atoms with Gasteiger partial charge in [-0.1, -0.05) is 18.2 Å². The minimum Gasteiger partial charge on any atom is -0.376 e. The summed E-state index contributed by atoms with van der Waals surface area (Å²) in [4.78, 5) is 39.3. The van der Waals surface area contributed by atoms with Crippen LogP contribution < -0.4 is 10.6 Å². The molecule has 4 rings (SSSR count). The summed E-state index contributed by atoms with van der Waals surface area (Å²) in [6, 6.07) is 15.9. The fourth-order valence-electron chi connectivity index (χ4n) is 4.18. The van der Waals surface area contributed by atoms with Crippen LogP contribution in [0.4, 0.5) is 5.69 Å². The molecule has 0 aliphatic carbocycles. The summed E-state index contributed by atoms with van der Waals surface area (Å²) >= 11 is 0. The van der Waals surface area contributed by atoms with Crippen LogP contribution in [0.1, 0.15) is 46.4 Å². The Morgan fingerprint density at radius 1 is 0.906 bits per heavy atom. The van der Waals surface area contributed by atoms with E-state index in [4.69, 9.17) is 4.74 Å². The molecule has 2 aromatic carbocycles. The highest BCUT2D eigenvalue weighted by Gasteiger charge is 2.28. The van der Waals surface area contributed by atoms with Gasteiger partial charge in [0.2, 0.25) is 5.91 Å². The molecule has 2 saturated heterocycles. The van der Waals surface area contributed by atoms with E-state index >= 15 is 0 Å². The Bertz CT molecular complexity index is 931. The van der Waals surface area contributed by atoms with E-state index in [-0.39, 0.29) is 29.7 Å². The summed E-state index contributed by atoms with van der Waals surface area (Å²) in [5.74, 6) is -0.240. The van der Waals surface area contributed by atoms with Gasteiger partial charge >= 0.3 is 0 Å². The standard InChI is InChI=1S/C25H29N3O4/c29-23(26-17-22-7-4-16-32-22)19-12-14-28(15-13-19)25(31)20-8-10-21(11-9-20)27-24(30)18-5-2-1-3-6-18/h1-3,5-6,8-11,19,22H,4,7,12-17H2,(H,26,29)(H,27,30)/t22-/m1/s1. The van der Waals surface area contributed by atoms with Crippen LogP contribution in [0.5, 0.6) is 0 Å². The zero-order valence-corrected chi connectivity index (χ0v) is 18.1. The first-order valence-electron chi connectivity index (χ1n) is 11.3. The highest BCUT2D eigenvalue weighted by Crippen LogP contribution is 2.21. The lowest BCUT2D eigenvalue weighted by Gasteiger charge is -2.31. The van der Waals surface area contributed by atoms with Crippen molar-refractivity contribution in [3.05, 3.63) is 65.7 Å². The highest BCUT2D eigenvalue weighted by atomic mass is 16.5. The molecule has 7 nitrogen and oxygen atoms in total. The maximum Gasteiger partial charge on any atom is 0.255 e. The minimum absolute atomic E-state index is 0.0517. The van der Waals surface area contributed by atoms with Crippen LogP contribution in [0.2, 0.25) is 0 Å². The van der Waals surface area contributed by atoms with E-state index < -0.39 is 0 Å². The fourth-order valence-corrected chi connectivity index (χ4v) is 4.18. The van der Waals surface area contributed by atoms with Crippen LogP contribution >= 0.6 is 0 Å². The molecule has 0 radical (unpaired) electrons. The maximum atomic E-state index is 12.9. The van der Waals surface area contributed by atoms with E-state index in [1.807, 2.05) is 18.2 Å². The van der Waals surface area contributed by atoms with Gasteiger partial charge in [0.25, 0.3) is 11.8 Å². The number of carbonyl (C=O) groups excluding carboxylic acids is 3. The third kappa shape index (κ3) is 5.53. The van der Waals surface area contributed by atoms with E-state index in [2.05, 4.69) is 10.6 Å². The van der Waals surface area contributed by atoms with Crippen LogP contribution in [0.25, 0.3) is 0 Å². The first kappa shape index (κ1) is 22.0. The van der Waals surface area contributed by atoms with E-state index in [0.29, 0.717) is 49.3 Å². The maximum absolute atomic E-state index is 12.9. The quantitative estimate of drug-likeness (QED) is 0.730. The normalized spacial score (nSPS) is 18.9. The zero-order chi connectivity index (χ0) is 22.3. The zero-order valence-electron chi connectivity index (χ0n) is 18.1. The summed E-state index contributed by atoms with van der Waals surface area (Å²) in [6.45, 7) is 2.47. The number of piperidine rings is 1. The Morgan fingerprint density at radius 2 is 1.62 bits per heavy atom. The van der Waals surface area contributed by atoms with Gasteiger partial charge < -0.3 is 20.3 Å². The monoisotopic (exact) mass is 435 g/mol. The minimum atomic E-state index is -0.190. The van der Waals surface area contributed by atoms with Gasteiger partial charge in [0, 0.05) is 49.0 Å². The van der Waals surface area contributed by atoms with Gasteiger partial charge in [-0.05, 0) is 62.1 Å². The Labute approximate surface area is 188 Å². The van der Waals surface area contributed by atoms with Gasteiger partial charge in [0.1, 0.15) is 0 Å². The average molecular weight is 436 g/mol. The number of hydrogen-bond donors (Lipinski definition) is 2.